The standard InChI is InChI=1S/C26H34N2O3/c1-20(29)22-8-4-7-21(15-22)16-28-14-12-26(19-28)11-6-13-27(18-26)17-23-9-5-10-24(30-2)25(23)31-3/h4-5,7-10,15H,6,11-14,16-19H2,1-3H3/t26-/m1/s1. The van der Waals surface area contributed by atoms with Gasteiger partial charge in [0.1, 0.15) is 0 Å². The van der Waals surface area contributed by atoms with Crippen LogP contribution in [0.15, 0.2) is 42.5 Å². The average molecular weight is 423 g/mol. The van der Waals surface area contributed by atoms with Crippen molar-refractivity contribution >= 4 is 5.78 Å². The molecule has 2 aliphatic heterocycles. The molecule has 0 saturated carbocycles. The Morgan fingerprint density at radius 1 is 0.968 bits per heavy atom. The van der Waals surface area contributed by atoms with E-state index in [4.69, 9.17) is 9.47 Å². The van der Waals surface area contributed by atoms with Crippen LogP contribution in [0, 0.1) is 5.41 Å². The summed E-state index contributed by atoms with van der Waals surface area (Å²) in [6.45, 7) is 7.96. The van der Waals surface area contributed by atoms with Crippen molar-refractivity contribution in [2.45, 2.75) is 39.3 Å². The topological polar surface area (TPSA) is 42.0 Å². The number of benzene rings is 2. The Bertz CT molecular complexity index is 929. The number of piperidine rings is 1. The maximum atomic E-state index is 11.7. The zero-order chi connectivity index (χ0) is 21.8. The molecule has 4 rings (SSSR count). The Hall–Kier alpha value is -2.37. The third-order valence-electron chi connectivity index (χ3n) is 6.88. The molecule has 2 saturated heterocycles. The molecule has 2 aliphatic rings. The number of hydrogen-bond donors (Lipinski definition) is 0. The third-order valence-corrected chi connectivity index (χ3v) is 6.88. The molecule has 31 heavy (non-hydrogen) atoms. The smallest absolute Gasteiger partial charge is 0.165 e. The highest BCUT2D eigenvalue weighted by atomic mass is 16.5. The van der Waals surface area contributed by atoms with Crippen LogP contribution in [0.2, 0.25) is 0 Å². The zero-order valence-electron chi connectivity index (χ0n) is 19.0. The van der Waals surface area contributed by atoms with E-state index in [0.717, 1.165) is 56.3 Å². The van der Waals surface area contributed by atoms with Gasteiger partial charge in [0.25, 0.3) is 0 Å². The molecule has 2 aromatic carbocycles. The highest BCUT2D eigenvalue weighted by Crippen LogP contribution is 2.41. The fraction of sp³-hybridized carbons (Fsp3) is 0.500. The van der Waals surface area contributed by atoms with Gasteiger partial charge in [-0.2, -0.15) is 0 Å². The molecule has 5 nitrogen and oxygen atoms in total. The molecule has 2 fully saturated rings. The maximum absolute atomic E-state index is 11.7. The predicted molar refractivity (Wildman–Crippen MR) is 123 cm³/mol. The Kier molecular flexibility index (Phi) is 6.63. The van der Waals surface area contributed by atoms with Gasteiger partial charge in [-0.05, 0) is 62.4 Å². The van der Waals surface area contributed by atoms with E-state index in [9.17, 15) is 4.79 Å². The predicted octanol–water partition coefficient (Wildman–Crippen LogP) is 4.39. The van der Waals surface area contributed by atoms with Crippen molar-refractivity contribution in [1.29, 1.82) is 0 Å². The van der Waals surface area contributed by atoms with Crippen LogP contribution in [0.3, 0.4) is 0 Å². The summed E-state index contributed by atoms with van der Waals surface area (Å²) in [5.74, 6) is 1.78. The lowest BCUT2D eigenvalue weighted by Crippen LogP contribution is -2.44. The lowest BCUT2D eigenvalue weighted by Gasteiger charge is -2.40. The molecule has 0 radical (unpaired) electrons. The van der Waals surface area contributed by atoms with Crippen molar-refractivity contribution in [3.8, 4) is 11.5 Å². The number of methoxy groups -OCH3 is 2. The van der Waals surface area contributed by atoms with Crippen LogP contribution in [-0.2, 0) is 13.1 Å². The number of ketones is 1. The average Bonchev–Trinajstić information content (AvgIpc) is 3.14. The summed E-state index contributed by atoms with van der Waals surface area (Å²) in [5, 5.41) is 0. The molecule has 5 heteroatoms. The lowest BCUT2D eigenvalue weighted by atomic mass is 9.79. The molecule has 1 spiro atoms. The molecule has 0 bridgehead atoms. The van der Waals surface area contributed by atoms with Gasteiger partial charge in [-0.25, -0.2) is 0 Å². The van der Waals surface area contributed by atoms with Crippen molar-refractivity contribution in [1.82, 2.24) is 9.80 Å². The van der Waals surface area contributed by atoms with Gasteiger partial charge in [0.15, 0.2) is 17.3 Å². The highest BCUT2D eigenvalue weighted by molar-refractivity contribution is 5.94. The van der Waals surface area contributed by atoms with Gasteiger partial charge in [0.05, 0.1) is 14.2 Å². The lowest BCUT2D eigenvalue weighted by molar-refractivity contribution is 0.0859. The fourth-order valence-corrected chi connectivity index (χ4v) is 5.41. The van der Waals surface area contributed by atoms with E-state index in [0.29, 0.717) is 5.41 Å². The molecule has 2 heterocycles. The van der Waals surface area contributed by atoms with E-state index < -0.39 is 0 Å². The van der Waals surface area contributed by atoms with Crippen LogP contribution >= 0.6 is 0 Å². The number of carbonyl (C=O) groups excluding carboxylic acids is 1. The molecule has 1 atom stereocenters. The zero-order valence-corrected chi connectivity index (χ0v) is 19.0. The SMILES string of the molecule is COc1cccc(CN2CCC[C@@]3(CCN(Cc4cccc(C(C)=O)c4)C3)C2)c1OC. The van der Waals surface area contributed by atoms with E-state index in [1.165, 1.54) is 30.4 Å². The Morgan fingerprint density at radius 2 is 1.74 bits per heavy atom. The number of hydrogen-bond acceptors (Lipinski definition) is 5. The number of para-hydroxylation sites is 1. The van der Waals surface area contributed by atoms with Gasteiger partial charge >= 0.3 is 0 Å². The minimum atomic E-state index is 0.135. The molecule has 0 aromatic heterocycles. The first-order valence-corrected chi connectivity index (χ1v) is 11.3. The van der Waals surface area contributed by atoms with Crippen molar-refractivity contribution in [3.63, 3.8) is 0 Å². The first-order chi connectivity index (χ1) is 15.0. The van der Waals surface area contributed by atoms with Crippen molar-refractivity contribution in [3.05, 3.63) is 59.2 Å². The second kappa shape index (κ2) is 9.41. The summed E-state index contributed by atoms with van der Waals surface area (Å²) in [7, 11) is 3.41. The Morgan fingerprint density at radius 3 is 2.48 bits per heavy atom. The van der Waals surface area contributed by atoms with Crippen LogP contribution in [0.4, 0.5) is 0 Å². The molecular weight excluding hydrogens is 388 g/mol. The van der Waals surface area contributed by atoms with E-state index in [-0.39, 0.29) is 5.78 Å². The van der Waals surface area contributed by atoms with Gasteiger partial charge in [0.2, 0.25) is 0 Å². The Labute approximate surface area is 185 Å². The molecular formula is C26H34N2O3. The summed E-state index contributed by atoms with van der Waals surface area (Å²) >= 11 is 0. The summed E-state index contributed by atoms with van der Waals surface area (Å²) in [6.07, 6.45) is 3.77. The van der Waals surface area contributed by atoms with Gasteiger partial charge < -0.3 is 9.47 Å². The number of likely N-dealkylation sites (tertiary alicyclic amines) is 2. The monoisotopic (exact) mass is 422 g/mol. The first-order valence-electron chi connectivity index (χ1n) is 11.3. The number of nitrogens with zero attached hydrogens (tertiary/aromatic N) is 2. The van der Waals surface area contributed by atoms with E-state index >= 15 is 0 Å². The summed E-state index contributed by atoms with van der Waals surface area (Å²) in [5.41, 5.74) is 3.60. The molecule has 0 unspecified atom stereocenters. The van der Waals surface area contributed by atoms with Crippen molar-refractivity contribution in [2.75, 3.05) is 40.4 Å². The van der Waals surface area contributed by atoms with E-state index in [1.54, 1.807) is 21.1 Å². The number of Topliss-reactive ketones (excluding diaryl/α,β-unsaturated/α-hetero) is 1. The van der Waals surface area contributed by atoms with Crippen LogP contribution in [0.1, 0.15) is 47.7 Å². The van der Waals surface area contributed by atoms with Crippen LogP contribution in [-0.4, -0.2) is 56.0 Å². The quantitative estimate of drug-likeness (QED) is 0.619. The summed E-state index contributed by atoms with van der Waals surface area (Å²) < 4.78 is 11.1. The second-order valence-corrected chi connectivity index (χ2v) is 9.18. The van der Waals surface area contributed by atoms with E-state index in [1.807, 2.05) is 24.3 Å². The minimum Gasteiger partial charge on any atom is -0.493 e. The largest absolute Gasteiger partial charge is 0.493 e. The number of ether oxygens (including phenoxy) is 2. The minimum absolute atomic E-state index is 0.135. The highest BCUT2D eigenvalue weighted by Gasteiger charge is 2.41. The van der Waals surface area contributed by atoms with Gasteiger partial charge in [0, 0.05) is 37.3 Å². The van der Waals surface area contributed by atoms with Gasteiger partial charge in [-0.15, -0.1) is 0 Å². The normalized spacial score (nSPS) is 22.0. The van der Waals surface area contributed by atoms with Crippen LogP contribution in [0.5, 0.6) is 11.5 Å². The van der Waals surface area contributed by atoms with Gasteiger partial charge in [-0.1, -0.05) is 30.3 Å². The maximum Gasteiger partial charge on any atom is 0.165 e. The summed E-state index contributed by atoms with van der Waals surface area (Å²) in [4.78, 5) is 16.9. The number of carbonyl (C=O) groups is 1. The first kappa shape index (κ1) is 21.8. The molecule has 166 valence electrons. The third kappa shape index (κ3) is 4.94. The molecule has 0 aliphatic carbocycles. The Balaban J connectivity index is 1.41. The van der Waals surface area contributed by atoms with Crippen molar-refractivity contribution < 1.29 is 14.3 Å². The van der Waals surface area contributed by atoms with Crippen molar-refractivity contribution in [2.24, 2.45) is 5.41 Å². The molecule has 0 N–H and O–H groups in total. The fourth-order valence-electron chi connectivity index (χ4n) is 5.41. The van der Waals surface area contributed by atoms with Crippen LogP contribution in [0.25, 0.3) is 0 Å². The van der Waals surface area contributed by atoms with Crippen LogP contribution < -0.4 is 9.47 Å². The van der Waals surface area contributed by atoms with Gasteiger partial charge in [-0.3, -0.25) is 14.6 Å². The molecule has 2 aromatic rings. The molecule has 0 amide bonds. The van der Waals surface area contributed by atoms with E-state index in [2.05, 4.69) is 28.0 Å². The second-order valence-electron chi connectivity index (χ2n) is 9.18. The summed E-state index contributed by atoms with van der Waals surface area (Å²) in [6, 6.07) is 14.2. The number of rotatable bonds is 7.